The first kappa shape index (κ1) is 14.6. The average Bonchev–Trinajstić information content (AvgIpc) is 2.23. The van der Waals surface area contributed by atoms with Crippen molar-refractivity contribution in [1.82, 2.24) is 4.90 Å². The zero-order valence-corrected chi connectivity index (χ0v) is 12.4. The molecule has 1 saturated heterocycles. The second-order valence-corrected chi connectivity index (χ2v) is 6.16. The fraction of sp³-hybridized carbons (Fsp3) is 0.533. The molecule has 0 radical (unpaired) electrons. The van der Waals surface area contributed by atoms with Crippen molar-refractivity contribution in [2.75, 3.05) is 18.4 Å². The van der Waals surface area contributed by atoms with Gasteiger partial charge in [0.1, 0.15) is 11.4 Å². The van der Waals surface area contributed by atoms with E-state index in [0.717, 1.165) is 5.56 Å². The van der Waals surface area contributed by atoms with Crippen LogP contribution < -0.4 is 5.32 Å². The number of carbonyl (C=O) groups excluding carboxylic acids is 1. The Morgan fingerprint density at radius 3 is 2.60 bits per heavy atom. The van der Waals surface area contributed by atoms with Gasteiger partial charge in [-0.15, -0.1) is 0 Å². The SMILES string of the molecule is Cc1cccc(F)c1NC1CN(C(=O)OC(C)(C)C)C1. The molecule has 5 heteroatoms. The third-order valence-electron chi connectivity index (χ3n) is 3.10. The van der Waals surface area contributed by atoms with E-state index in [9.17, 15) is 9.18 Å². The zero-order valence-electron chi connectivity index (χ0n) is 12.4. The topological polar surface area (TPSA) is 41.6 Å². The van der Waals surface area contributed by atoms with E-state index in [0.29, 0.717) is 18.8 Å². The monoisotopic (exact) mass is 280 g/mol. The molecule has 0 spiro atoms. The highest BCUT2D eigenvalue weighted by molar-refractivity contribution is 5.70. The third kappa shape index (κ3) is 3.40. The van der Waals surface area contributed by atoms with Crippen molar-refractivity contribution < 1.29 is 13.9 Å². The molecule has 0 bridgehead atoms. The molecule has 1 aromatic rings. The molecule has 1 aliphatic heterocycles. The number of ether oxygens (including phenoxy) is 1. The Bertz CT molecular complexity index is 485. The van der Waals surface area contributed by atoms with Crippen LogP contribution >= 0.6 is 0 Å². The predicted octanol–water partition coefficient (Wildman–Crippen LogP) is 3.17. The van der Waals surface area contributed by atoms with Gasteiger partial charge < -0.3 is 15.0 Å². The van der Waals surface area contributed by atoms with Gasteiger partial charge in [0.15, 0.2) is 0 Å². The molecule has 2 rings (SSSR count). The molecule has 0 unspecified atom stereocenters. The van der Waals surface area contributed by atoms with Crippen LogP contribution in [0.15, 0.2) is 18.2 Å². The molecule has 1 aromatic carbocycles. The second-order valence-electron chi connectivity index (χ2n) is 6.16. The Kier molecular flexibility index (Phi) is 3.88. The van der Waals surface area contributed by atoms with Crippen molar-refractivity contribution in [1.29, 1.82) is 0 Å². The van der Waals surface area contributed by atoms with Crippen LogP contribution in [0.3, 0.4) is 0 Å². The normalized spacial score (nSPS) is 15.8. The molecule has 0 atom stereocenters. The highest BCUT2D eigenvalue weighted by Gasteiger charge is 2.34. The zero-order chi connectivity index (χ0) is 14.9. The minimum atomic E-state index is -0.488. The Hall–Kier alpha value is -1.78. The summed E-state index contributed by atoms with van der Waals surface area (Å²) in [6.45, 7) is 8.43. The number of para-hydroxylation sites is 1. The van der Waals surface area contributed by atoms with Crippen molar-refractivity contribution >= 4 is 11.8 Å². The molecule has 1 fully saturated rings. The number of nitrogens with one attached hydrogen (secondary N) is 1. The lowest BCUT2D eigenvalue weighted by Crippen LogP contribution is -2.58. The standard InChI is InChI=1S/C15H21FN2O2/c1-10-6-5-7-12(16)13(10)17-11-8-18(9-11)14(19)20-15(2,3)4/h5-7,11,17H,8-9H2,1-4H3. The van der Waals surface area contributed by atoms with Gasteiger partial charge in [-0.3, -0.25) is 0 Å². The summed E-state index contributed by atoms with van der Waals surface area (Å²) < 4.78 is 19.0. The first-order valence-electron chi connectivity index (χ1n) is 6.76. The first-order valence-corrected chi connectivity index (χ1v) is 6.76. The molecule has 1 heterocycles. The molecule has 4 nitrogen and oxygen atoms in total. The van der Waals surface area contributed by atoms with Gasteiger partial charge in [-0.05, 0) is 39.3 Å². The number of hydrogen-bond acceptors (Lipinski definition) is 3. The Balaban J connectivity index is 1.87. The summed E-state index contributed by atoms with van der Waals surface area (Å²) in [7, 11) is 0. The number of rotatable bonds is 2. The molecule has 0 aromatic heterocycles. The molecule has 110 valence electrons. The van der Waals surface area contributed by atoms with E-state index in [1.807, 2.05) is 33.8 Å². The van der Waals surface area contributed by atoms with Gasteiger partial charge in [-0.1, -0.05) is 12.1 Å². The molecule has 20 heavy (non-hydrogen) atoms. The maximum absolute atomic E-state index is 13.7. The van der Waals surface area contributed by atoms with Crippen LogP contribution in [0.2, 0.25) is 0 Å². The lowest BCUT2D eigenvalue weighted by Gasteiger charge is -2.40. The van der Waals surface area contributed by atoms with E-state index in [4.69, 9.17) is 4.74 Å². The largest absolute Gasteiger partial charge is 0.444 e. The van der Waals surface area contributed by atoms with Gasteiger partial charge in [0.25, 0.3) is 0 Å². The number of aryl methyl sites for hydroxylation is 1. The summed E-state index contributed by atoms with van der Waals surface area (Å²) in [6.07, 6.45) is -0.319. The van der Waals surface area contributed by atoms with Gasteiger partial charge in [-0.25, -0.2) is 9.18 Å². The number of benzene rings is 1. The summed E-state index contributed by atoms with van der Waals surface area (Å²) >= 11 is 0. The Morgan fingerprint density at radius 1 is 1.40 bits per heavy atom. The first-order chi connectivity index (χ1) is 9.26. The number of likely N-dealkylation sites (tertiary alicyclic amines) is 1. The van der Waals surface area contributed by atoms with E-state index in [-0.39, 0.29) is 18.0 Å². The summed E-state index contributed by atoms with van der Waals surface area (Å²) in [4.78, 5) is 13.4. The molecular weight excluding hydrogens is 259 g/mol. The number of anilines is 1. The molecule has 1 amide bonds. The Labute approximate surface area is 118 Å². The van der Waals surface area contributed by atoms with Crippen molar-refractivity contribution in [3.05, 3.63) is 29.6 Å². The van der Waals surface area contributed by atoms with Crippen LogP contribution in [0.1, 0.15) is 26.3 Å². The van der Waals surface area contributed by atoms with E-state index < -0.39 is 5.60 Å². The smallest absolute Gasteiger partial charge is 0.410 e. The van der Waals surface area contributed by atoms with Gasteiger partial charge in [-0.2, -0.15) is 0 Å². The van der Waals surface area contributed by atoms with Gasteiger partial charge in [0, 0.05) is 13.1 Å². The van der Waals surface area contributed by atoms with Gasteiger partial charge in [0.05, 0.1) is 11.7 Å². The van der Waals surface area contributed by atoms with Crippen LogP contribution in [-0.2, 0) is 4.74 Å². The van der Waals surface area contributed by atoms with E-state index in [2.05, 4.69) is 5.32 Å². The minimum absolute atomic E-state index is 0.0677. The van der Waals surface area contributed by atoms with Crippen LogP contribution in [0.25, 0.3) is 0 Å². The van der Waals surface area contributed by atoms with Crippen molar-refractivity contribution in [3.8, 4) is 0 Å². The van der Waals surface area contributed by atoms with Crippen LogP contribution in [0, 0.1) is 12.7 Å². The van der Waals surface area contributed by atoms with E-state index in [1.54, 1.807) is 11.0 Å². The number of hydrogen-bond donors (Lipinski definition) is 1. The maximum Gasteiger partial charge on any atom is 0.410 e. The fourth-order valence-electron chi connectivity index (χ4n) is 2.06. The van der Waals surface area contributed by atoms with Crippen LogP contribution in [-0.4, -0.2) is 35.7 Å². The third-order valence-corrected chi connectivity index (χ3v) is 3.10. The number of carbonyl (C=O) groups is 1. The van der Waals surface area contributed by atoms with Gasteiger partial charge >= 0.3 is 6.09 Å². The highest BCUT2D eigenvalue weighted by atomic mass is 19.1. The lowest BCUT2D eigenvalue weighted by atomic mass is 10.1. The molecule has 1 aliphatic rings. The van der Waals surface area contributed by atoms with Gasteiger partial charge in [0.2, 0.25) is 0 Å². The summed E-state index contributed by atoms with van der Waals surface area (Å²) in [5.74, 6) is -0.263. The van der Waals surface area contributed by atoms with Crippen molar-refractivity contribution in [3.63, 3.8) is 0 Å². The summed E-state index contributed by atoms with van der Waals surface area (Å²) in [6, 6.07) is 5.04. The predicted molar refractivity (Wildman–Crippen MR) is 76.4 cm³/mol. The fourth-order valence-corrected chi connectivity index (χ4v) is 2.06. The molecule has 0 aliphatic carbocycles. The molecular formula is C15H21FN2O2. The molecule has 0 saturated carbocycles. The number of nitrogens with zero attached hydrogens (tertiary/aromatic N) is 1. The number of amides is 1. The summed E-state index contributed by atoms with van der Waals surface area (Å²) in [5, 5.41) is 3.14. The van der Waals surface area contributed by atoms with Crippen molar-refractivity contribution in [2.45, 2.75) is 39.3 Å². The van der Waals surface area contributed by atoms with Crippen molar-refractivity contribution in [2.24, 2.45) is 0 Å². The minimum Gasteiger partial charge on any atom is -0.444 e. The average molecular weight is 280 g/mol. The maximum atomic E-state index is 13.7. The van der Waals surface area contributed by atoms with E-state index >= 15 is 0 Å². The number of halogens is 1. The summed E-state index contributed by atoms with van der Waals surface area (Å²) in [5.41, 5.74) is 0.889. The quantitative estimate of drug-likeness (QED) is 0.904. The Morgan fingerprint density at radius 2 is 2.05 bits per heavy atom. The molecule has 1 N–H and O–H groups in total. The van der Waals surface area contributed by atoms with Crippen LogP contribution in [0.4, 0.5) is 14.9 Å². The van der Waals surface area contributed by atoms with Crippen LogP contribution in [0.5, 0.6) is 0 Å². The van der Waals surface area contributed by atoms with E-state index in [1.165, 1.54) is 6.07 Å². The lowest BCUT2D eigenvalue weighted by molar-refractivity contribution is 0.0105. The highest BCUT2D eigenvalue weighted by Crippen LogP contribution is 2.23. The second kappa shape index (κ2) is 5.31.